The quantitative estimate of drug-likeness (QED) is 0.0425. The van der Waals surface area contributed by atoms with E-state index >= 15 is 0 Å². The van der Waals surface area contributed by atoms with Gasteiger partial charge in [0.05, 0.1) is 34.6 Å². The van der Waals surface area contributed by atoms with Crippen LogP contribution < -0.4 is 5.73 Å². The van der Waals surface area contributed by atoms with Crippen LogP contribution in [0, 0.1) is 0 Å². The first-order valence-corrected chi connectivity index (χ1v) is 13.3. The molecule has 0 radical (unpaired) electrons. The van der Waals surface area contributed by atoms with Crippen molar-refractivity contribution in [3.63, 3.8) is 0 Å². The lowest BCUT2D eigenvalue weighted by molar-refractivity contribution is -0.432. The number of anilines is 1. The lowest BCUT2D eigenvalue weighted by Gasteiger charge is -2.11. The van der Waals surface area contributed by atoms with E-state index in [1.165, 1.54) is 24.3 Å². The largest absolute Gasteiger partial charge is 0.507 e. The van der Waals surface area contributed by atoms with Gasteiger partial charge in [0.25, 0.3) is 10.1 Å². The number of nitrogens with two attached hydrogens (primary N) is 1. The number of aryl methyl sites for hydroxylation is 1. The molecule has 0 fully saturated rings. The molecule has 6 N–H and O–H groups in total. The van der Waals surface area contributed by atoms with Gasteiger partial charge in [-0.1, -0.05) is 23.2 Å². The molecule has 3 rings (SSSR count). The van der Waals surface area contributed by atoms with Crippen molar-refractivity contribution in [1.82, 2.24) is 0 Å². The first-order chi connectivity index (χ1) is 16.9. The second kappa shape index (κ2) is 11.5. The minimum atomic E-state index is -4.71. The molecule has 0 amide bonds. The molecule has 0 spiro atoms. The number of aromatic hydroxyl groups is 1. The van der Waals surface area contributed by atoms with E-state index in [1.807, 2.05) is 0 Å². The summed E-state index contributed by atoms with van der Waals surface area (Å²) < 4.78 is 72.0. The molecule has 14 nitrogen and oxygen atoms in total. The van der Waals surface area contributed by atoms with Gasteiger partial charge in [0.15, 0.2) is 0 Å². The van der Waals surface area contributed by atoms with Crippen molar-refractivity contribution in [2.24, 2.45) is 10.2 Å². The van der Waals surface area contributed by atoms with Crippen molar-refractivity contribution in [2.45, 2.75) is 22.6 Å². The highest BCUT2D eigenvalue weighted by Crippen LogP contribution is 2.41. The normalized spacial score (nSPS) is 12.5. The maximum Gasteiger partial charge on any atom is 0.397 e. The number of benzene rings is 3. The summed E-state index contributed by atoms with van der Waals surface area (Å²) in [6.07, 6.45) is 0.562. The highest BCUT2D eigenvalue weighted by atomic mass is 32.3. The summed E-state index contributed by atoms with van der Waals surface area (Å²) in [5, 5.41) is 30.3. The van der Waals surface area contributed by atoms with Crippen LogP contribution in [0.15, 0.2) is 62.5 Å². The average molecular weight is 562 g/mol. The Morgan fingerprint density at radius 3 is 2.39 bits per heavy atom. The van der Waals surface area contributed by atoms with Crippen LogP contribution in [0.3, 0.4) is 0 Å². The van der Waals surface area contributed by atoms with Crippen LogP contribution in [-0.4, -0.2) is 42.9 Å². The van der Waals surface area contributed by atoms with E-state index in [9.17, 15) is 26.5 Å². The summed E-state index contributed by atoms with van der Waals surface area (Å²) in [6, 6.07) is 9.69. The van der Waals surface area contributed by atoms with Gasteiger partial charge in [-0.05, 0) is 42.7 Å². The van der Waals surface area contributed by atoms with Crippen LogP contribution in [-0.2, 0) is 40.5 Å². The van der Waals surface area contributed by atoms with Crippen molar-refractivity contribution in [3.8, 4) is 5.75 Å². The monoisotopic (exact) mass is 561 g/mol. The Hall–Kier alpha value is -2.87. The van der Waals surface area contributed by atoms with Gasteiger partial charge in [-0.25, -0.2) is 9.44 Å². The summed E-state index contributed by atoms with van der Waals surface area (Å²) in [4.78, 5) is -0.260. The smallest absolute Gasteiger partial charge is 0.397 e. The minimum absolute atomic E-state index is 0.0129. The molecule has 0 heterocycles. The molecule has 0 bridgehead atoms. The van der Waals surface area contributed by atoms with Gasteiger partial charge in [0.2, 0.25) is 0 Å². The van der Waals surface area contributed by atoms with Crippen molar-refractivity contribution >= 4 is 60.4 Å². The molecule has 36 heavy (non-hydrogen) atoms. The molecule has 0 saturated heterocycles. The van der Waals surface area contributed by atoms with E-state index in [2.05, 4.69) is 23.8 Å². The number of nitrogens with zero attached hydrogens (tertiary/aromatic N) is 2. The van der Waals surface area contributed by atoms with Crippen LogP contribution >= 0.6 is 12.0 Å². The molecule has 194 valence electrons. The highest BCUT2D eigenvalue weighted by Gasteiger charge is 2.20. The lowest BCUT2D eigenvalue weighted by Crippen LogP contribution is -2.05. The Labute approximate surface area is 209 Å². The SMILES string of the molecule is Nc1c(/N=N/c2ccc(CCCOS(=O)(=O)O)cc2SOOO)cc(S(=O)(=O)O)c2cccc(O)c12. The molecule has 0 aromatic heterocycles. The van der Waals surface area contributed by atoms with E-state index in [1.54, 1.807) is 12.1 Å². The summed E-state index contributed by atoms with van der Waals surface area (Å²) in [6.45, 7) is -0.261. The predicted molar refractivity (Wildman–Crippen MR) is 127 cm³/mol. The number of rotatable bonds is 11. The zero-order valence-electron chi connectivity index (χ0n) is 18.0. The number of fused-ring (bicyclic) bond motifs is 1. The topological polar surface area (TPSA) is 228 Å². The molecule has 0 saturated carbocycles. The average Bonchev–Trinajstić information content (AvgIpc) is 2.79. The van der Waals surface area contributed by atoms with Crippen molar-refractivity contribution in [3.05, 3.63) is 48.0 Å². The van der Waals surface area contributed by atoms with E-state index in [0.717, 1.165) is 6.07 Å². The summed E-state index contributed by atoms with van der Waals surface area (Å²) in [5.41, 5.74) is 6.66. The number of hydrogen-bond donors (Lipinski definition) is 5. The Morgan fingerprint density at radius 1 is 1.00 bits per heavy atom. The third-order valence-corrected chi connectivity index (χ3v) is 6.68. The maximum absolute atomic E-state index is 11.9. The van der Waals surface area contributed by atoms with E-state index in [-0.39, 0.29) is 51.5 Å². The molecule has 0 aliphatic heterocycles. The molecule has 3 aromatic carbocycles. The Morgan fingerprint density at radius 2 is 1.72 bits per heavy atom. The molecule has 0 aliphatic rings. The molecule has 17 heteroatoms. The minimum Gasteiger partial charge on any atom is -0.507 e. The van der Waals surface area contributed by atoms with Gasteiger partial charge in [-0.15, -0.1) is 14.6 Å². The fourth-order valence-corrected chi connectivity index (χ4v) is 4.73. The van der Waals surface area contributed by atoms with Crippen LogP contribution in [0.5, 0.6) is 5.75 Å². The number of phenols is 1. The van der Waals surface area contributed by atoms with Gasteiger partial charge in [0.1, 0.15) is 22.0 Å². The van der Waals surface area contributed by atoms with Crippen molar-refractivity contribution < 1.29 is 49.9 Å². The first kappa shape index (κ1) is 27.7. The molecule has 3 aromatic rings. The molecular formula is C19H19N3O11S3. The van der Waals surface area contributed by atoms with E-state index in [0.29, 0.717) is 24.0 Å². The lowest BCUT2D eigenvalue weighted by atomic mass is 10.1. The summed E-state index contributed by atoms with van der Waals surface area (Å²) >= 11 is 0.556. The third-order valence-electron chi connectivity index (χ3n) is 4.68. The number of nitrogen functional groups attached to an aromatic ring is 1. The van der Waals surface area contributed by atoms with E-state index < -0.39 is 25.4 Å². The molecule has 0 atom stereocenters. The van der Waals surface area contributed by atoms with E-state index in [4.69, 9.17) is 15.5 Å². The van der Waals surface area contributed by atoms with Crippen LogP contribution in [0.1, 0.15) is 12.0 Å². The number of phenolic OH excluding ortho intramolecular Hbond substituents is 1. The van der Waals surface area contributed by atoms with Crippen LogP contribution in [0.25, 0.3) is 10.8 Å². The highest BCUT2D eigenvalue weighted by molar-refractivity contribution is 7.94. The first-order valence-electron chi connectivity index (χ1n) is 9.73. The number of azo groups is 1. The van der Waals surface area contributed by atoms with Gasteiger partial charge in [0, 0.05) is 5.39 Å². The predicted octanol–water partition coefficient (Wildman–Crippen LogP) is 3.97. The van der Waals surface area contributed by atoms with Gasteiger partial charge in [-0.3, -0.25) is 9.11 Å². The second-order valence-electron chi connectivity index (χ2n) is 7.06. The maximum atomic E-state index is 11.9. The Balaban J connectivity index is 1.97. The fraction of sp³-hybridized carbons (Fsp3) is 0.158. The van der Waals surface area contributed by atoms with Crippen LogP contribution in [0.4, 0.5) is 17.1 Å². The molecular weight excluding hydrogens is 542 g/mol. The molecule has 0 aliphatic carbocycles. The third kappa shape index (κ3) is 7.09. The number of hydrogen-bond acceptors (Lipinski definition) is 13. The molecule has 0 unspecified atom stereocenters. The summed E-state index contributed by atoms with van der Waals surface area (Å²) in [7, 11) is -9.26. The van der Waals surface area contributed by atoms with Crippen molar-refractivity contribution in [2.75, 3.05) is 12.3 Å². The van der Waals surface area contributed by atoms with Crippen molar-refractivity contribution in [1.29, 1.82) is 0 Å². The zero-order valence-corrected chi connectivity index (χ0v) is 20.5. The Bertz CT molecular complexity index is 1510. The van der Waals surface area contributed by atoms with Gasteiger partial charge < -0.3 is 10.8 Å². The summed E-state index contributed by atoms with van der Waals surface area (Å²) in [5.74, 6) is -0.334. The van der Waals surface area contributed by atoms with Crippen LogP contribution in [0.2, 0.25) is 0 Å². The zero-order chi connectivity index (χ0) is 26.5. The Kier molecular flexibility index (Phi) is 8.82. The fourth-order valence-electron chi connectivity index (χ4n) is 3.20. The van der Waals surface area contributed by atoms with Gasteiger partial charge in [-0.2, -0.15) is 16.8 Å². The second-order valence-corrected chi connectivity index (χ2v) is 10.3. The van der Waals surface area contributed by atoms with Gasteiger partial charge >= 0.3 is 10.4 Å². The standard InChI is InChI=1S/C19H19N3O11S3/c20-19-14(10-17(35(25,26)27)12-4-1-5-15(23)18(12)19)22-21-13-7-6-11(9-16(13)34-33-32-24)3-2-8-31-36(28,29)30/h1,4-7,9-10,23-24H,2-3,8,20H2,(H,25,26,27)(H,28,29,30)/b22-21+.